The highest BCUT2D eigenvalue weighted by molar-refractivity contribution is 5.94. The van der Waals surface area contributed by atoms with E-state index in [2.05, 4.69) is 22.8 Å². The van der Waals surface area contributed by atoms with Crippen molar-refractivity contribution in [2.24, 2.45) is 5.92 Å². The molecule has 0 radical (unpaired) electrons. The molecule has 0 saturated carbocycles. The Labute approximate surface area is 247 Å². The summed E-state index contributed by atoms with van der Waals surface area (Å²) in [5.74, 6) is 0.0498. The number of likely N-dealkylation sites (tertiary alicyclic amines) is 1. The minimum atomic E-state index is -2.51. The minimum absolute atomic E-state index is 0.0268. The van der Waals surface area contributed by atoms with E-state index in [0.717, 1.165) is 42.4 Å². The number of hydrogen-bond donors (Lipinski definition) is 3. The van der Waals surface area contributed by atoms with Crippen LogP contribution in [0.15, 0.2) is 78.9 Å². The van der Waals surface area contributed by atoms with Gasteiger partial charge in [-0.25, -0.2) is 8.78 Å². The van der Waals surface area contributed by atoms with Gasteiger partial charge in [0, 0.05) is 37.5 Å². The highest BCUT2D eigenvalue weighted by atomic mass is 19.3. The number of hydrogen-bond acceptors (Lipinski definition) is 4. The van der Waals surface area contributed by atoms with E-state index in [0.29, 0.717) is 38.0 Å². The van der Waals surface area contributed by atoms with Crippen molar-refractivity contribution in [3.05, 3.63) is 95.6 Å². The van der Waals surface area contributed by atoms with Gasteiger partial charge in [-0.2, -0.15) is 0 Å². The van der Waals surface area contributed by atoms with Gasteiger partial charge in [0.25, 0.3) is 12.3 Å². The van der Waals surface area contributed by atoms with Gasteiger partial charge in [-0.3, -0.25) is 14.9 Å². The maximum Gasteiger partial charge on any atom is 0.253 e. The lowest BCUT2D eigenvalue weighted by Crippen LogP contribution is -2.43. The third-order valence-corrected chi connectivity index (χ3v) is 7.84. The molecule has 0 aromatic heterocycles. The van der Waals surface area contributed by atoms with E-state index in [1.54, 1.807) is 0 Å². The van der Waals surface area contributed by atoms with Crippen molar-refractivity contribution in [1.29, 1.82) is 0 Å². The molecule has 1 aliphatic rings. The van der Waals surface area contributed by atoms with Crippen molar-refractivity contribution in [1.82, 2.24) is 15.5 Å². The minimum Gasteiger partial charge on any atom is -0.378 e. The van der Waals surface area contributed by atoms with Crippen molar-refractivity contribution in [2.75, 3.05) is 26.2 Å². The second kappa shape index (κ2) is 16.1. The van der Waals surface area contributed by atoms with Crippen molar-refractivity contribution in [3.63, 3.8) is 0 Å². The Balaban J connectivity index is 1.19. The molecule has 4 rings (SSSR count). The maximum absolute atomic E-state index is 12.7. The number of unbranched alkanes of at least 4 members (excludes halogenated alkanes) is 2. The van der Waals surface area contributed by atoms with E-state index in [1.807, 2.05) is 71.6 Å². The number of carbonyl (C=O) groups is 2. The second-order valence-corrected chi connectivity index (χ2v) is 10.9. The number of carbonyl (C=O) groups excluding carboxylic acids is 2. The first-order chi connectivity index (χ1) is 20.4. The fraction of sp³-hybridized carbons (Fsp3) is 0.412. The van der Waals surface area contributed by atoms with E-state index < -0.39 is 19.2 Å². The third-order valence-electron chi connectivity index (χ3n) is 7.84. The van der Waals surface area contributed by atoms with Gasteiger partial charge in [0.1, 0.15) is 6.23 Å². The van der Waals surface area contributed by atoms with Crippen LogP contribution in [0.2, 0.25) is 0 Å². The SMILES string of the molecule is O=C(NCCCCCc1ccccc1-c1ccccc1CC(O)NCC(F)F)C1CCN(C(=O)c2ccccc2)CC1. The van der Waals surface area contributed by atoms with E-state index in [4.69, 9.17) is 0 Å². The monoisotopic (exact) mass is 577 g/mol. The number of aliphatic hydroxyl groups is 1. The molecule has 2 amide bonds. The number of nitrogens with zero attached hydrogens (tertiary/aromatic N) is 1. The lowest BCUT2D eigenvalue weighted by molar-refractivity contribution is -0.126. The summed E-state index contributed by atoms with van der Waals surface area (Å²) in [4.78, 5) is 27.2. The number of piperidine rings is 1. The van der Waals surface area contributed by atoms with Gasteiger partial charge < -0.3 is 15.3 Å². The Morgan fingerprint density at radius 2 is 1.45 bits per heavy atom. The summed E-state index contributed by atoms with van der Waals surface area (Å²) in [5, 5.41) is 15.8. The molecular weight excluding hydrogens is 536 g/mol. The smallest absolute Gasteiger partial charge is 0.253 e. The number of aliphatic hydroxyl groups excluding tert-OH is 1. The first-order valence-electron chi connectivity index (χ1n) is 14.9. The molecule has 1 atom stereocenters. The first-order valence-corrected chi connectivity index (χ1v) is 14.9. The summed E-state index contributed by atoms with van der Waals surface area (Å²) in [6.45, 7) is 1.28. The van der Waals surface area contributed by atoms with Crippen LogP contribution < -0.4 is 10.6 Å². The lowest BCUT2D eigenvalue weighted by atomic mass is 9.91. The summed E-state index contributed by atoms with van der Waals surface area (Å²) in [6, 6.07) is 25.2. The molecule has 0 spiro atoms. The Kier molecular flexibility index (Phi) is 12.0. The molecule has 1 heterocycles. The van der Waals surface area contributed by atoms with Gasteiger partial charge in [-0.05, 0) is 66.5 Å². The van der Waals surface area contributed by atoms with E-state index >= 15 is 0 Å². The van der Waals surface area contributed by atoms with E-state index in [9.17, 15) is 23.5 Å². The fourth-order valence-electron chi connectivity index (χ4n) is 5.55. The molecule has 6 nitrogen and oxygen atoms in total. The number of aryl methyl sites for hydroxylation is 1. The average Bonchev–Trinajstić information content (AvgIpc) is 3.02. The quantitative estimate of drug-likeness (QED) is 0.176. The second-order valence-electron chi connectivity index (χ2n) is 10.9. The molecule has 3 aromatic rings. The van der Waals surface area contributed by atoms with E-state index in [1.165, 1.54) is 5.56 Å². The van der Waals surface area contributed by atoms with E-state index in [-0.39, 0.29) is 24.2 Å². The number of benzene rings is 3. The molecule has 1 fully saturated rings. The summed E-state index contributed by atoms with van der Waals surface area (Å²) < 4.78 is 25.1. The van der Waals surface area contributed by atoms with Gasteiger partial charge >= 0.3 is 0 Å². The van der Waals surface area contributed by atoms with Crippen LogP contribution in [0.4, 0.5) is 8.78 Å². The lowest BCUT2D eigenvalue weighted by Gasteiger charge is -2.31. The number of rotatable bonds is 14. The van der Waals surface area contributed by atoms with Crippen molar-refractivity contribution < 1.29 is 23.5 Å². The Morgan fingerprint density at radius 3 is 2.14 bits per heavy atom. The maximum atomic E-state index is 12.7. The van der Waals surface area contributed by atoms with Gasteiger partial charge in [-0.1, -0.05) is 73.2 Å². The fourth-order valence-corrected chi connectivity index (χ4v) is 5.55. The standard InChI is InChI=1S/C34H41F2N3O3/c35-31(36)24-38-32(40)23-28-15-7-9-17-30(28)29-16-8-6-12-25(29)11-5-2-10-20-37-33(41)26-18-21-39(22-19-26)34(42)27-13-3-1-4-14-27/h1,3-4,6-9,12-17,26,31-32,38,40H,2,5,10-11,18-24H2,(H,37,41). The summed E-state index contributed by atoms with van der Waals surface area (Å²) in [7, 11) is 0. The summed E-state index contributed by atoms with van der Waals surface area (Å²) in [5.41, 5.74) is 4.86. The number of halogens is 2. The molecule has 1 aliphatic heterocycles. The highest BCUT2D eigenvalue weighted by Gasteiger charge is 2.27. The zero-order chi connectivity index (χ0) is 29.7. The third kappa shape index (κ3) is 9.19. The molecule has 1 unspecified atom stereocenters. The van der Waals surface area contributed by atoms with Crippen LogP contribution in [0.25, 0.3) is 11.1 Å². The summed E-state index contributed by atoms with van der Waals surface area (Å²) >= 11 is 0. The van der Waals surface area contributed by atoms with Crippen molar-refractivity contribution >= 4 is 11.8 Å². The predicted octanol–water partition coefficient (Wildman–Crippen LogP) is 5.45. The van der Waals surface area contributed by atoms with Gasteiger partial charge in [-0.15, -0.1) is 0 Å². The molecule has 224 valence electrons. The molecule has 0 aliphatic carbocycles. The highest BCUT2D eigenvalue weighted by Crippen LogP contribution is 2.29. The van der Waals surface area contributed by atoms with Gasteiger partial charge in [0.05, 0.1) is 6.54 Å². The largest absolute Gasteiger partial charge is 0.378 e. The van der Waals surface area contributed by atoms with Crippen LogP contribution in [0.5, 0.6) is 0 Å². The number of amides is 2. The van der Waals surface area contributed by atoms with Crippen molar-refractivity contribution in [3.8, 4) is 11.1 Å². The molecule has 3 N–H and O–H groups in total. The zero-order valence-electron chi connectivity index (χ0n) is 24.0. The number of nitrogens with one attached hydrogen (secondary N) is 2. The first kappa shape index (κ1) is 31.3. The molecule has 8 heteroatoms. The molecular formula is C34H41F2N3O3. The Bertz CT molecular complexity index is 1280. The Morgan fingerprint density at radius 1 is 0.833 bits per heavy atom. The van der Waals surface area contributed by atoms with Crippen molar-refractivity contribution in [2.45, 2.75) is 57.6 Å². The van der Waals surface area contributed by atoms with Gasteiger partial charge in [0.15, 0.2) is 0 Å². The molecule has 1 saturated heterocycles. The topological polar surface area (TPSA) is 81.7 Å². The zero-order valence-corrected chi connectivity index (χ0v) is 24.0. The molecule has 42 heavy (non-hydrogen) atoms. The van der Waals surface area contributed by atoms with Crippen LogP contribution in [-0.4, -0.2) is 60.7 Å². The summed E-state index contributed by atoms with van der Waals surface area (Å²) in [6.07, 6.45) is 1.73. The Hall–Kier alpha value is -3.62. The van der Waals surface area contributed by atoms with Crippen LogP contribution in [0, 0.1) is 5.92 Å². The number of alkyl halides is 2. The molecule has 0 bridgehead atoms. The predicted molar refractivity (Wildman–Crippen MR) is 161 cm³/mol. The van der Waals surface area contributed by atoms with Crippen LogP contribution in [0.3, 0.4) is 0 Å². The van der Waals surface area contributed by atoms with Crippen LogP contribution in [-0.2, 0) is 17.6 Å². The molecule has 3 aromatic carbocycles. The average molecular weight is 578 g/mol. The van der Waals surface area contributed by atoms with Gasteiger partial charge in [0.2, 0.25) is 5.91 Å². The van der Waals surface area contributed by atoms with Crippen LogP contribution in [0.1, 0.15) is 53.6 Å². The van der Waals surface area contributed by atoms with Crippen LogP contribution >= 0.6 is 0 Å². The normalized spacial score (nSPS) is 14.6.